The summed E-state index contributed by atoms with van der Waals surface area (Å²) in [6, 6.07) is 21.3. The molecule has 0 saturated carbocycles. The Morgan fingerprint density at radius 1 is 0.893 bits per heavy atom. The predicted octanol–water partition coefficient (Wildman–Crippen LogP) is 7.30. The fourth-order valence-corrected chi connectivity index (χ4v) is 3.94. The number of hydrogen-bond donors (Lipinski definition) is 0. The molecule has 0 aliphatic carbocycles. The minimum absolute atomic E-state index is 0.343. The molecular formula is C25H26O2S. The van der Waals surface area contributed by atoms with Crippen LogP contribution in [0.4, 0.5) is 0 Å². The highest BCUT2D eigenvalue weighted by Gasteiger charge is 2.07. The molecule has 0 amide bonds. The SMILES string of the molecule is C/C=C/C(=O)Oc1ccc(-c2ccc(-c3ccc(CCCCC)cc3)cc2)s1. The Balaban J connectivity index is 1.66. The third-order valence-electron chi connectivity index (χ3n) is 4.61. The van der Waals surface area contributed by atoms with Gasteiger partial charge in [-0.15, -0.1) is 0 Å². The van der Waals surface area contributed by atoms with Gasteiger partial charge in [0.15, 0.2) is 5.06 Å². The number of thiophene rings is 1. The molecule has 3 aromatic rings. The van der Waals surface area contributed by atoms with Gasteiger partial charge in [-0.2, -0.15) is 0 Å². The zero-order chi connectivity index (χ0) is 19.8. The number of ether oxygens (including phenoxy) is 1. The Kier molecular flexibility index (Phi) is 7.21. The fourth-order valence-electron chi connectivity index (χ4n) is 3.07. The maximum absolute atomic E-state index is 11.6. The minimum Gasteiger partial charge on any atom is -0.412 e. The molecule has 0 radical (unpaired) electrons. The van der Waals surface area contributed by atoms with E-state index in [1.54, 1.807) is 13.0 Å². The molecule has 2 aromatic carbocycles. The van der Waals surface area contributed by atoms with Crippen LogP contribution in [0.25, 0.3) is 21.6 Å². The highest BCUT2D eigenvalue weighted by molar-refractivity contribution is 7.17. The van der Waals surface area contributed by atoms with Crippen LogP contribution in [0, 0.1) is 0 Å². The lowest BCUT2D eigenvalue weighted by Gasteiger charge is -2.06. The molecule has 0 spiro atoms. The Labute approximate surface area is 171 Å². The molecule has 1 heterocycles. The number of unbranched alkanes of at least 4 members (excludes halogenated alkanes) is 2. The monoisotopic (exact) mass is 390 g/mol. The van der Waals surface area contributed by atoms with Gasteiger partial charge in [0.05, 0.1) is 0 Å². The molecule has 28 heavy (non-hydrogen) atoms. The van der Waals surface area contributed by atoms with Crippen molar-refractivity contribution in [1.29, 1.82) is 0 Å². The van der Waals surface area contributed by atoms with Crippen molar-refractivity contribution in [3.05, 3.63) is 78.4 Å². The van der Waals surface area contributed by atoms with Crippen LogP contribution in [-0.2, 0) is 11.2 Å². The normalized spacial score (nSPS) is 11.1. The van der Waals surface area contributed by atoms with Crippen molar-refractivity contribution in [1.82, 2.24) is 0 Å². The first-order valence-electron chi connectivity index (χ1n) is 9.83. The van der Waals surface area contributed by atoms with Gasteiger partial charge in [0, 0.05) is 11.0 Å². The number of carbonyl (C=O) groups is 1. The summed E-state index contributed by atoms with van der Waals surface area (Å²) in [5.41, 5.74) is 4.98. The second-order valence-corrected chi connectivity index (χ2v) is 7.82. The van der Waals surface area contributed by atoms with Gasteiger partial charge in [0.1, 0.15) is 0 Å². The molecule has 0 bridgehead atoms. The molecule has 1 aromatic heterocycles. The minimum atomic E-state index is -0.343. The van der Waals surface area contributed by atoms with E-state index < -0.39 is 0 Å². The van der Waals surface area contributed by atoms with Crippen molar-refractivity contribution in [3.8, 4) is 26.6 Å². The van der Waals surface area contributed by atoms with Crippen LogP contribution in [0.3, 0.4) is 0 Å². The van der Waals surface area contributed by atoms with Crippen LogP contribution in [0.15, 0.2) is 72.8 Å². The zero-order valence-corrected chi connectivity index (χ0v) is 17.3. The van der Waals surface area contributed by atoms with Crippen LogP contribution in [0.5, 0.6) is 5.06 Å². The summed E-state index contributed by atoms with van der Waals surface area (Å²) in [6.07, 6.45) is 8.07. The first-order chi connectivity index (χ1) is 13.7. The number of hydrogen-bond acceptors (Lipinski definition) is 3. The van der Waals surface area contributed by atoms with E-state index in [0.717, 1.165) is 16.9 Å². The molecule has 0 aliphatic heterocycles. The number of allylic oxidation sites excluding steroid dienone is 1. The van der Waals surface area contributed by atoms with E-state index in [1.807, 2.05) is 12.1 Å². The highest BCUT2D eigenvalue weighted by atomic mass is 32.1. The lowest BCUT2D eigenvalue weighted by atomic mass is 10.0. The van der Waals surface area contributed by atoms with Crippen LogP contribution in [-0.4, -0.2) is 5.97 Å². The molecular weight excluding hydrogens is 364 g/mol. The molecule has 0 atom stereocenters. The molecule has 0 N–H and O–H groups in total. The number of benzene rings is 2. The summed E-state index contributed by atoms with van der Waals surface area (Å²) in [6.45, 7) is 4.03. The van der Waals surface area contributed by atoms with Crippen LogP contribution in [0.1, 0.15) is 38.7 Å². The molecule has 0 fully saturated rings. The lowest BCUT2D eigenvalue weighted by molar-refractivity contribution is -0.128. The Morgan fingerprint density at radius 3 is 2.18 bits per heavy atom. The highest BCUT2D eigenvalue weighted by Crippen LogP contribution is 2.34. The van der Waals surface area contributed by atoms with Crippen molar-refractivity contribution in [2.24, 2.45) is 0 Å². The van der Waals surface area contributed by atoms with Crippen molar-refractivity contribution >= 4 is 17.3 Å². The molecule has 3 rings (SSSR count). The van der Waals surface area contributed by atoms with E-state index in [2.05, 4.69) is 55.5 Å². The summed E-state index contributed by atoms with van der Waals surface area (Å²) in [7, 11) is 0. The maximum Gasteiger partial charge on any atom is 0.336 e. The first-order valence-corrected chi connectivity index (χ1v) is 10.7. The maximum atomic E-state index is 11.6. The first kappa shape index (κ1) is 20.1. The van der Waals surface area contributed by atoms with Gasteiger partial charge in [-0.3, -0.25) is 0 Å². The zero-order valence-electron chi connectivity index (χ0n) is 16.5. The average molecular weight is 391 g/mol. The summed E-state index contributed by atoms with van der Waals surface area (Å²) < 4.78 is 5.29. The summed E-state index contributed by atoms with van der Waals surface area (Å²) in [4.78, 5) is 12.6. The van der Waals surface area contributed by atoms with Crippen LogP contribution < -0.4 is 4.74 Å². The molecule has 0 aliphatic rings. The Hall–Kier alpha value is -2.65. The number of aryl methyl sites for hydroxylation is 1. The molecule has 3 heteroatoms. The smallest absolute Gasteiger partial charge is 0.336 e. The van der Waals surface area contributed by atoms with Gasteiger partial charge in [-0.1, -0.05) is 85.7 Å². The van der Waals surface area contributed by atoms with Crippen molar-refractivity contribution in [3.63, 3.8) is 0 Å². The second-order valence-electron chi connectivity index (χ2n) is 6.77. The van der Waals surface area contributed by atoms with E-state index in [4.69, 9.17) is 4.74 Å². The van der Waals surface area contributed by atoms with E-state index >= 15 is 0 Å². The third kappa shape index (κ3) is 5.43. The summed E-state index contributed by atoms with van der Waals surface area (Å²) >= 11 is 1.48. The Bertz CT molecular complexity index is 918. The topological polar surface area (TPSA) is 26.3 Å². The average Bonchev–Trinajstić information content (AvgIpc) is 3.17. The van der Waals surface area contributed by atoms with Crippen LogP contribution >= 0.6 is 11.3 Å². The largest absolute Gasteiger partial charge is 0.412 e. The molecule has 2 nitrogen and oxygen atoms in total. The summed E-state index contributed by atoms with van der Waals surface area (Å²) in [5, 5.41) is 0.612. The van der Waals surface area contributed by atoms with Crippen LogP contribution in [0.2, 0.25) is 0 Å². The van der Waals surface area contributed by atoms with Gasteiger partial charge >= 0.3 is 5.97 Å². The van der Waals surface area contributed by atoms with E-state index in [1.165, 1.54) is 53.4 Å². The lowest BCUT2D eigenvalue weighted by Crippen LogP contribution is -2.01. The van der Waals surface area contributed by atoms with Gasteiger partial charge in [-0.25, -0.2) is 4.79 Å². The van der Waals surface area contributed by atoms with Gasteiger partial charge in [-0.05, 0) is 54.2 Å². The number of rotatable bonds is 8. The van der Waals surface area contributed by atoms with E-state index in [9.17, 15) is 4.79 Å². The van der Waals surface area contributed by atoms with Crippen molar-refractivity contribution < 1.29 is 9.53 Å². The predicted molar refractivity (Wildman–Crippen MR) is 119 cm³/mol. The summed E-state index contributed by atoms with van der Waals surface area (Å²) in [5.74, 6) is -0.343. The van der Waals surface area contributed by atoms with Crippen molar-refractivity contribution in [2.75, 3.05) is 0 Å². The quantitative estimate of drug-likeness (QED) is 0.229. The Morgan fingerprint density at radius 2 is 1.54 bits per heavy atom. The van der Waals surface area contributed by atoms with E-state index in [-0.39, 0.29) is 5.97 Å². The number of esters is 1. The van der Waals surface area contributed by atoms with Gasteiger partial charge in [0.25, 0.3) is 0 Å². The third-order valence-corrected chi connectivity index (χ3v) is 5.62. The fraction of sp³-hybridized carbons (Fsp3) is 0.240. The van der Waals surface area contributed by atoms with Gasteiger partial charge in [0.2, 0.25) is 0 Å². The molecule has 0 saturated heterocycles. The standard InChI is InChI=1S/C25H26O2S/c1-3-5-6-8-19-9-11-20(12-10-19)21-13-15-22(16-14-21)23-17-18-25(28-23)27-24(26)7-4-2/h4,7,9-18H,3,5-6,8H2,1-2H3/b7-4+. The molecule has 144 valence electrons. The van der Waals surface area contributed by atoms with Crippen molar-refractivity contribution in [2.45, 2.75) is 39.5 Å². The molecule has 0 unspecified atom stereocenters. The van der Waals surface area contributed by atoms with E-state index in [0.29, 0.717) is 5.06 Å². The second kappa shape index (κ2) is 10.0. The number of carbonyl (C=O) groups excluding carboxylic acids is 1. The van der Waals surface area contributed by atoms with Gasteiger partial charge < -0.3 is 4.74 Å².